The van der Waals surface area contributed by atoms with E-state index in [0.717, 1.165) is 31.9 Å². The van der Waals surface area contributed by atoms with Crippen LogP contribution in [0.15, 0.2) is 60.7 Å². The monoisotopic (exact) mass is 324 g/mol. The van der Waals surface area contributed by atoms with Crippen LogP contribution in [0.4, 0.5) is 5.69 Å². The first-order chi connectivity index (χ1) is 11.8. The van der Waals surface area contributed by atoms with Crippen molar-refractivity contribution in [3.05, 3.63) is 60.7 Å². The van der Waals surface area contributed by atoms with Gasteiger partial charge in [-0.05, 0) is 30.7 Å². The molecule has 1 heterocycles. The molecule has 0 aliphatic carbocycles. The Morgan fingerprint density at radius 1 is 0.958 bits per heavy atom. The summed E-state index contributed by atoms with van der Waals surface area (Å²) in [7, 11) is 0. The third-order valence-corrected chi connectivity index (χ3v) is 4.38. The molecular weight excluding hydrogens is 300 g/mol. The average molecular weight is 324 g/mol. The minimum Gasteiger partial charge on any atom is -0.481 e. The van der Waals surface area contributed by atoms with Gasteiger partial charge in [0.1, 0.15) is 5.75 Å². The minimum absolute atomic E-state index is 0.0917. The molecule has 4 nitrogen and oxygen atoms in total. The van der Waals surface area contributed by atoms with Gasteiger partial charge in [0.25, 0.3) is 5.91 Å². The smallest absolute Gasteiger partial charge is 0.263 e. The second kappa shape index (κ2) is 7.86. The van der Waals surface area contributed by atoms with Gasteiger partial charge in [-0.3, -0.25) is 4.79 Å². The number of ether oxygens (including phenoxy) is 1. The Morgan fingerprint density at radius 3 is 2.12 bits per heavy atom. The van der Waals surface area contributed by atoms with Crippen LogP contribution in [0.1, 0.15) is 13.3 Å². The Morgan fingerprint density at radius 2 is 1.54 bits per heavy atom. The van der Waals surface area contributed by atoms with E-state index in [1.54, 1.807) is 0 Å². The predicted molar refractivity (Wildman–Crippen MR) is 96.4 cm³/mol. The van der Waals surface area contributed by atoms with Crippen molar-refractivity contribution in [2.45, 2.75) is 19.4 Å². The molecule has 2 aromatic rings. The summed E-state index contributed by atoms with van der Waals surface area (Å²) in [6.45, 7) is 5.19. The molecule has 4 heteroatoms. The summed E-state index contributed by atoms with van der Waals surface area (Å²) in [5, 5.41) is 0. The van der Waals surface area contributed by atoms with E-state index >= 15 is 0 Å². The van der Waals surface area contributed by atoms with Gasteiger partial charge in [-0.2, -0.15) is 0 Å². The molecule has 1 fully saturated rings. The molecule has 0 bridgehead atoms. The number of benzene rings is 2. The third kappa shape index (κ3) is 3.88. The highest BCUT2D eigenvalue weighted by Gasteiger charge is 2.27. The van der Waals surface area contributed by atoms with Gasteiger partial charge >= 0.3 is 0 Å². The predicted octanol–water partition coefficient (Wildman–Crippen LogP) is 3.19. The first-order valence-corrected chi connectivity index (χ1v) is 8.58. The van der Waals surface area contributed by atoms with Crippen LogP contribution in [-0.2, 0) is 4.79 Å². The van der Waals surface area contributed by atoms with Crippen molar-refractivity contribution >= 4 is 11.6 Å². The molecule has 1 amide bonds. The van der Waals surface area contributed by atoms with Crippen molar-refractivity contribution in [3.8, 4) is 5.75 Å². The normalized spacial score (nSPS) is 15.9. The number of hydrogen-bond donors (Lipinski definition) is 0. The van der Waals surface area contributed by atoms with Crippen LogP contribution in [0, 0.1) is 0 Å². The van der Waals surface area contributed by atoms with Crippen molar-refractivity contribution in [3.63, 3.8) is 0 Å². The highest BCUT2D eigenvalue weighted by molar-refractivity contribution is 5.81. The first-order valence-electron chi connectivity index (χ1n) is 8.58. The number of carbonyl (C=O) groups is 1. The molecule has 126 valence electrons. The van der Waals surface area contributed by atoms with E-state index < -0.39 is 6.10 Å². The van der Waals surface area contributed by atoms with Crippen LogP contribution < -0.4 is 9.64 Å². The Kier molecular flexibility index (Phi) is 5.36. The van der Waals surface area contributed by atoms with E-state index in [1.165, 1.54) is 5.69 Å². The lowest BCUT2D eigenvalue weighted by atomic mass is 10.2. The van der Waals surface area contributed by atoms with Crippen molar-refractivity contribution in [1.82, 2.24) is 4.90 Å². The molecule has 0 radical (unpaired) electrons. The van der Waals surface area contributed by atoms with Crippen molar-refractivity contribution in [1.29, 1.82) is 0 Å². The number of piperazine rings is 1. The fraction of sp³-hybridized carbons (Fsp3) is 0.350. The van der Waals surface area contributed by atoms with E-state index in [0.29, 0.717) is 6.42 Å². The van der Waals surface area contributed by atoms with Gasteiger partial charge < -0.3 is 14.5 Å². The summed E-state index contributed by atoms with van der Waals surface area (Å²) in [5.41, 5.74) is 1.22. The molecule has 3 rings (SSSR count). The molecule has 0 saturated carbocycles. The maximum Gasteiger partial charge on any atom is 0.263 e. The number of para-hydroxylation sites is 2. The first kappa shape index (κ1) is 16.4. The summed E-state index contributed by atoms with van der Waals surface area (Å²) in [6.07, 6.45) is 0.266. The maximum atomic E-state index is 12.8. The van der Waals surface area contributed by atoms with Crippen molar-refractivity contribution in [2.24, 2.45) is 0 Å². The SMILES string of the molecule is CC[C@@H](Oc1ccccc1)C(=O)N1CCN(c2ccccc2)CC1. The quantitative estimate of drug-likeness (QED) is 0.847. The number of nitrogens with zero attached hydrogens (tertiary/aromatic N) is 2. The summed E-state index contributed by atoms with van der Waals surface area (Å²) in [4.78, 5) is 17.0. The average Bonchev–Trinajstić information content (AvgIpc) is 2.67. The Labute approximate surface area is 143 Å². The van der Waals surface area contributed by atoms with Gasteiger partial charge in [-0.1, -0.05) is 43.3 Å². The lowest BCUT2D eigenvalue weighted by Crippen LogP contribution is -2.52. The fourth-order valence-corrected chi connectivity index (χ4v) is 3.00. The zero-order chi connectivity index (χ0) is 16.8. The third-order valence-electron chi connectivity index (χ3n) is 4.38. The molecule has 0 unspecified atom stereocenters. The zero-order valence-electron chi connectivity index (χ0n) is 14.1. The van der Waals surface area contributed by atoms with Crippen LogP contribution in [0.3, 0.4) is 0 Å². The minimum atomic E-state index is -0.407. The molecule has 0 N–H and O–H groups in total. The summed E-state index contributed by atoms with van der Waals surface area (Å²) >= 11 is 0. The zero-order valence-corrected chi connectivity index (χ0v) is 14.1. The molecule has 24 heavy (non-hydrogen) atoms. The van der Waals surface area contributed by atoms with E-state index in [9.17, 15) is 4.79 Å². The van der Waals surface area contributed by atoms with Gasteiger partial charge in [-0.25, -0.2) is 0 Å². The number of rotatable bonds is 5. The molecule has 1 aliphatic rings. The topological polar surface area (TPSA) is 32.8 Å². The molecule has 0 aromatic heterocycles. The van der Waals surface area contributed by atoms with E-state index in [2.05, 4.69) is 17.0 Å². The van der Waals surface area contributed by atoms with Gasteiger partial charge in [-0.15, -0.1) is 0 Å². The summed E-state index contributed by atoms with van der Waals surface area (Å²) < 4.78 is 5.89. The molecule has 1 atom stereocenters. The number of hydrogen-bond acceptors (Lipinski definition) is 3. The fourth-order valence-electron chi connectivity index (χ4n) is 3.00. The van der Waals surface area contributed by atoms with E-state index in [1.807, 2.05) is 60.4 Å². The lowest BCUT2D eigenvalue weighted by Gasteiger charge is -2.37. The van der Waals surface area contributed by atoms with Gasteiger partial charge in [0.15, 0.2) is 6.10 Å². The number of anilines is 1. The van der Waals surface area contributed by atoms with Gasteiger partial charge in [0, 0.05) is 31.9 Å². The Balaban J connectivity index is 1.57. The lowest BCUT2D eigenvalue weighted by molar-refractivity contribution is -0.139. The number of amides is 1. The highest BCUT2D eigenvalue weighted by Crippen LogP contribution is 2.18. The maximum absolute atomic E-state index is 12.8. The Bertz CT molecular complexity index is 637. The standard InChI is InChI=1S/C20H24N2O2/c1-2-19(24-18-11-7-4-8-12-18)20(23)22-15-13-21(14-16-22)17-9-5-3-6-10-17/h3-12,19H,2,13-16H2,1H3/t19-/m1/s1. The van der Waals surface area contributed by atoms with Crippen molar-refractivity contribution < 1.29 is 9.53 Å². The number of carbonyl (C=O) groups excluding carboxylic acids is 1. The van der Waals surface area contributed by atoms with Crippen molar-refractivity contribution in [2.75, 3.05) is 31.1 Å². The Hall–Kier alpha value is -2.49. The molecular formula is C20H24N2O2. The van der Waals surface area contributed by atoms with E-state index in [4.69, 9.17) is 4.74 Å². The van der Waals surface area contributed by atoms with Gasteiger partial charge in [0.2, 0.25) is 0 Å². The molecule has 0 spiro atoms. The molecule has 2 aromatic carbocycles. The van der Waals surface area contributed by atoms with Gasteiger partial charge in [0.05, 0.1) is 0 Å². The van der Waals surface area contributed by atoms with E-state index in [-0.39, 0.29) is 5.91 Å². The van der Waals surface area contributed by atoms with Crippen LogP contribution in [0.25, 0.3) is 0 Å². The molecule has 1 aliphatic heterocycles. The second-order valence-corrected chi connectivity index (χ2v) is 5.98. The summed E-state index contributed by atoms with van der Waals surface area (Å²) in [5.74, 6) is 0.842. The van der Waals surface area contributed by atoms with Crippen LogP contribution in [-0.4, -0.2) is 43.1 Å². The van der Waals surface area contributed by atoms with Crippen LogP contribution in [0.5, 0.6) is 5.75 Å². The largest absolute Gasteiger partial charge is 0.481 e. The van der Waals surface area contributed by atoms with Crippen LogP contribution >= 0.6 is 0 Å². The molecule has 1 saturated heterocycles. The summed E-state index contributed by atoms with van der Waals surface area (Å²) in [6, 6.07) is 19.9. The van der Waals surface area contributed by atoms with Crippen LogP contribution in [0.2, 0.25) is 0 Å². The second-order valence-electron chi connectivity index (χ2n) is 5.98. The highest BCUT2D eigenvalue weighted by atomic mass is 16.5.